The predicted molar refractivity (Wildman–Crippen MR) is 68.0 cm³/mol. The number of rotatable bonds is 3. The van der Waals surface area contributed by atoms with E-state index in [1.165, 1.54) is 5.56 Å². The normalized spacial score (nSPS) is 10.3. The smallest absolute Gasteiger partial charge is 0.0615 e. The van der Waals surface area contributed by atoms with Gasteiger partial charge in [0.2, 0.25) is 0 Å². The molecule has 0 fully saturated rings. The van der Waals surface area contributed by atoms with Crippen LogP contribution in [0.5, 0.6) is 0 Å². The monoisotopic (exact) mass is 206 g/mol. The summed E-state index contributed by atoms with van der Waals surface area (Å²) >= 11 is 0. The largest absolute Gasteiger partial charge is 0.392 e. The first-order chi connectivity index (χ1) is 7.24. The van der Waals surface area contributed by atoms with Crippen LogP contribution >= 0.6 is 0 Å². The molecule has 0 radical (unpaired) electrons. The number of benzene rings is 1. The lowest BCUT2D eigenvalue weighted by molar-refractivity contribution is 0.343. The van der Waals surface area contributed by atoms with Gasteiger partial charge in [0, 0.05) is 0 Å². The molecule has 0 saturated heterocycles. The summed E-state index contributed by atoms with van der Waals surface area (Å²) in [5.74, 6) is 0.580. The third-order valence-corrected chi connectivity index (χ3v) is 2.02. The minimum atomic E-state index is 0.103. The topological polar surface area (TPSA) is 20.2 Å². The van der Waals surface area contributed by atoms with Gasteiger partial charge in [-0.3, -0.25) is 0 Å². The molecule has 0 aromatic heterocycles. The molecular weight excluding hydrogens is 184 g/mol. The van der Waals surface area contributed by atoms with E-state index in [4.69, 9.17) is 5.11 Å². The molecule has 15 heavy (non-hydrogen) atoms. The van der Waals surface area contributed by atoms with Crippen LogP contribution in [-0.4, -0.2) is 11.7 Å². The van der Waals surface area contributed by atoms with Crippen LogP contribution < -0.4 is 0 Å². The molecule has 0 spiro atoms. The molecular formula is C14H22O. The van der Waals surface area contributed by atoms with Gasteiger partial charge in [-0.15, -0.1) is 0 Å². The summed E-state index contributed by atoms with van der Waals surface area (Å²) in [6.07, 6.45) is 3.66. The van der Waals surface area contributed by atoms with Gasteiger partial charge in [0.1, 0.15) is 0 Å². The summed E-state index contributed by atoms with van der Waals surface area (Å²) in [7, 11) is 0. The van der Waals surface area contributed by atoms with Crippen molar-refractivity contribution in [3.63, 3.8) is 0 Å². The zero-order chi connectivity index (χ0) is 11.7. The predicted octanol–water partition coefficient (Wildman–Crippen LogP) is 3.84. The molecule has 0 aliphatic carbocycles. The van der Waals surface area contributed by atoms with Crippen molar-refractivity contribution in [2.45, 2.75) is 33.6 Å². The van der Waals surface area contributed by atoms with Crippen LogP contribution in [0.1, 0.15) is 44.7 Å². The van der Waals surface area contributed by atoms with Gasteiger partial charge in [-0.05, 0) is 17.0 Å². The second kappa shape index (κ2) is 8.25. The molecule has 0 atom stereocenters. The summed E-state index contributed by atoms with van der Waals surface area (Å²) in [6, 6.07) is 8.40. The number of hydrogen-bond donors (Lipinski definition) is 1. The van der Waals surface area contributed by atoms with Crippen LogP contribution in [0.4, 0.5) is 0 Å². The molecule has 1 nitrogen and oxygen atoms in total. The van der Waals surface area contributed by atoms with E-state index in [9.17, 15) is 0 Å². The third kappa shape index (κ3) is 5.38. The lowest BCUT2D eigenvalue weighted by atomic mass is 10.0. The fourth-order valence-corrected chi connectivity index (χ4v) is 1.18. The van der Waals surface area contributed by atoms with Crippen molar-refractivity contribution in [2.75, 3.05) is 6.61 Å². The molecule has 1 N–H and O–H groups in total. The third-order valence-electron chi connectivity index (χ3n) is 2.02. The molecule has 1 aromatic rings. The highest BCUT2D eigenvalue weighted by atomic mass is 16.2. The highest BCUT2D eigenvalue weighted by Gasteiger charge is 1.96. The summed E-state index contributed by atoms with van der Waals surface area (Å²) in [5.41, 5.74) is 2.49. The van der Waals surface area contributed by atoms with Crippen molar-refractivity contribution in [3.05, 3.63) is 41.5 Å². The Morgan fingerprint density at radius 1 is 1.13 bits per heavy atom. The van der Waals surface area contributed by atoms with Crippen LogP contribution in [0.25, 0.3) is 6.08 Å². The van der Waals surface area contributed by atoms with Gasteiger partial charge in [0.25, 0.3) is 0 Å². The Labute approximate surface area is 93.5 Å². The lowest BCUT2D eigenvalue weighted by Gasteiger charge is -2.04. The van der Waals surface area contributed by atoms with E-state index in [2.05, 4.69) is 38.1 Å². The number of aliphatic hydroxyl groups is 1. The molecule has 84 valence electrons. The quantitative estimate of drug-likeness (QED) is 0.796. The molecule has 0 aliphatic rings. The Morgan fingerprint density at radius 2 is 1.67 bits per heavy atom. The fraction of sp³-hybridized carbons (Fsp3) is 0.429. The lowest BCUT2D eigenvalue weighted by Crippen LogP contribution is -1.86. The van der Waals surface area contributed by atoms with E-state index >= 15 is 0 Å². The zero-order valence-electron chi connectivity index (χ0n) is 10.2. The molecule has 0 bridgehead atoms. The molecule has 0 amide bonds. The van der Waals surface area contributed by atoms with Gasteiger partial charge in [0.15, 0.2) is 0 Å². The van der Waals surface area contributed by atoms with Gasteiger partial charge in [-0.1, -0.05) is 64.1 Å². The maximum atomic E-state index is 8.58. The average Bonchev–Trinajstić information content (AvgIpc) is 2.29. The molecule has 1 heteroatoms. The van der Waals surface area contributed by atoms with Crippen molar-refractivity contribution in [2.24, 2.45) is 0 Å². The van der Waals surface area contributed by atoms with Gasteiger partial charge < -0.3 is 5.11 Å². The summed E-state index contributed by atoms with van der Waals surface area (Å²) < 4.78 is 0. The number of hydrogen-bond acceptors (Lipinski definition) is 1. The van der Waals surface area contributed by atoms with Crippen LogP contribution in [0.2, 0.25) is 0 Å². The van der Waals surface area contributed by atoms with Gasteiger partial charge >= 0.3 is 0 Å². The molecule has 1 aromatic carbocycles. The van der Waals surface area contributed by atoms with Crippen LogP contribution in [-0.2, 0) is 0 Å². The Balaban J connectivity index is 0.000000921. The van der Waals surface area contributed by atoms with Gasteiger partial charge in [0.05, 0.1) is 6.61 Å². The highest BCUT2D eigenvalue weighted by molar-refractivity contribution is 5.49. The first-order valence-electron chi connectivity index (χ1n) is 5.61. The molecule has 0 aliphatic heterocycles. The summed E-state index contributed by atoms with van der Waals surface area (Å²) in [4.78, 5) is 0. The van der Waals surface area contributed by atoms with E-state index in [-0.39, 0.29) is 6.61 Å². The zero-order valence-corrected chi connectivity index (χ0v) is 10.2. The van der Waals surface area contributed by atoms with Crippen LogP contribution in [0.3, 0.4) is 0 Å². The van der Waals surface area contributed by atoms with Gasteiger partial charge in [-0.25, -0.2) is 0 Å². The maximum Gasteiger partial charge on any atom is 0.0615 e. The van der Waals surface area contributed by atoms with Crippen LogP contribution in [0, 0.1) is 0 Å². The second-order valence-corrected chi connectivity index (χ2v) is 3.41. The summed E-state index contributed by atoms with van der Waals surface area (Å²) in [6.45, 7) is 8.46. The molecule has 0 heterocycles. The standard InChI is InChI=1S/C12H16O.C2H6/c1-10(2)12-7-5-11(6-8-12)4-3-9-13;1-2/h3-8,10,13H,9H2,1-2H3;1-2H3/b4-3+;. The Bertz CT molecular complexity index is 270. The van der Waals surface area contributed by atoms with Crippen molar-refractivity contribution in [1.29, 1.82) is 0 Å². The van der Waals surface area contributed by atoms with Gasteiger partial charge in [-0.2, -0.15) is 0 Å². The first-order valence-corrected chi connectivity index (χ1v) is 5.61. The van der Waals surface area contributed by atoms with Crippen molar-refractivity contribution in [1.82, 2.24) is 0 Å². The minimum absolute atomic E-state index is 0.103. The van der Waals surface area contributed by atoms with Crippen molar-refractivity contribution >= 4 is 6.08 Å². The van der Waals surface area contributed by atoms with E-state index in [1.807, 2.05) is 19.9 Å². The van der Waals surface area contributed by atoms with E-state index in [0.29, 0.717) is 5.92 Å². The number of aliphatic hydroxyl groups excluding tert-OH is 1. The maximum absolute atomic E-state index is 8.58. The first kappa shape index (κ1) is 13.9. The minimum Gasteiger partial charge on any atom is -0.392 e. The van der Waals surface area contributed by atoms with Crippen molar-refractivity contribution in [3.8, 4) is 0 Å². The average molecular weight is 206 g/mol. The SMILES string of the molecule is CC.CC(C)c1ccc(/C=C/CO)cc1. The summed E-state index contributed by atoms with van der Waals surface area (Å²) in [5, 5.41) is 8.58. The highest BCUT2D eigenvalue weighted by Crippen LogP contribution is 2.15. The van der Waals surface area contributed by atoms with E-state index in [1.54, 1.807) is 6.08 Å². The molecule has 1 rings (SSSR count). The van der Waals surface area contributed by atoms with E-state index < -0.39 is 0 Å². The molecule has 0 unspecified atom stereocenters. The second-order valence-electron chi connectivity index (χ2n) is 3.41. The van der Waals surface area contributed by atoms with Crippen molar-refractivity contribution < 1.29 is 5.11 Å². The fourth-order valence-electron chi connectivity index (χ4n) is 1.18. The Hall–Kier alpha value is -1.08. The molecule has 0 saturated carbocycles. The Morgan fingerprint density at radius 3 is 2.07 bits per heavy atom. The Kier molecular flexibility index (Phi) is 7.65. The van der Waals surface area contributed by atoms with Crippen LogP contribution in [0.15, 0.2) is 30.3 Å². The van der Waals surface area contributed by atoms with E-state index in [0.717, 1.165) is 5.56 Å².